The number of nitrogens with zero attached hydrogens (tertiary/aromatic N) is 4. The summed E-state index contributed by atoms with van der Waals surface area (Å²) in [5.41, 5.74) is 2.28. The monoisotopic (exact) mass is 391 g/mol. The van der Waals surface area contributed by atoms with Crippen LogP contribution in [0, 0.1) is 5.82 Å². The van der Waals surface area contributed by atoms with E-state index in [1.807, 2.05) is 23.1 Å². The average molecular weight is 391 g/mol. The van der Waals surface area contributed by atoms with Crippen LogP contribution in [0.2, 0.25) is 0 Å². The van der Waals surface area contributed by atoms with Gasteiger partial charge in [-0.3, -0.25) is 9.78 Å². The summed E-state index contributed by atoms with van der Waals surface area (Å²) in [4.78, 5) is 27.3. The van der Waals surface area contributed by atoms with E-state index >= 15 is 0 Å². The lowest BCUT2D eigenvalue weighted by Gasteiger charge is -2.32. The van der Waals surface area contributed by atoms with E-state index in [0.717, 1.165) is 30.6 Å². The summed E-state index contributed by atoms with van der Waals surface area (Å²) < 4.78 is 13.6. The number of halogens is 1. The lowest BCUT2D eigenvalue weighted by molar-refractivity contribution is -0.130. The summed E-state index contributed by atoms with van der Waals surface area (Å²) in [5.74, 6) is 1.02. The van der Waals surface area contributed by atoms with E-state index in [9.17, 15) is 9.18 Å². The zero-order chi connectivity index (χ0) is 20.2. The van der Waals surface area contributed by atoms with Crippen LogP contribution in [0.15, 0.2) is 54.9 Å². The number of carbonyl (C=O) groups excluding carboxylic acids is 1. The molecule has 1 aliphatic heterocycles. The second-order valence-electron chi connectivity index (χ2n) is 7.18. The Hall–Kier alpha value is -3.35. The van der Waals surface area contributed by atoms with E-state index in [1.54, 1.807) is 31.5 Å². The number of likely N-dealkylation sites (tertiary alicyclic amines) is 1. The third kappa shape index (κ3) is 4.56. The third-order valence-corrected chi connectivity index (χ3v) is 5.05. The predicted octanol–water partition coefficient (Wildman–Crippen LogP) is 4.15. The number of piperidine rings is 1. The van der Waals surface area contributed by atoms with Crippen molar-refractivity contribution in [1.82, 2.24) is 19.9 Å². The van der Waals surface area contributed by atoms with E-state index in [2.05, 4.69) is 15.3 Å². The number of benzene rings is 1. The summed E-state index contributed by atoms with van der Waals surface area (Å²) in [6, 6.07) is 11.9. The zero-order valence-corrected chi connectivity index (χ0v) is 16.2. The van der Waals surface area contributed by atoms with Gasteiger partial charge in [-0.15, -0.1) is 0 Å². The van der Waals surface area contributed by atoms with Crippen molar-refractivity contribution in [2.45, 2.75) is 25.7 Å². The minimum absolute atomic E-state index is 0.0781. The fraction of sp³-hybridized carbons (Fsp3) is 0.273. The molecule has 0 aliphatic carbocycles. The Kier molecular flexibility index (Phi) is 5.46. The van der Waals surface area contributed by atoms with Crippen LogP contribution in [0.1, 0.15) is 31.4 Å². The van der Waals surface area contributed by atoms with Crippen molar-refractivity contribution in [3.05, 3.63) is 66.4 Å². The fourth-order valence-corrected chi connectivity index (χ4v) is 3.58. The predicted molar refractivity (Wildman–Crippen MR) is 109 cm³/mol. The average Bonchev–Trinajstić information content (AvgIpc) is 2.74. The van der Waals surface area contributed by atoms with E-state index in [4.69, 9.17) is 4.98 Å². The molecule has 4 rings (SSSR count). The molecule has 1 amide bonds. The number of pyridine rings is 1. The molecule has 1 aliphatic rings. The summed E-state index contributed by atoms with van der Waals surface area (Å²) in [5, 5.41) is 3.18. The number of nitrogens with one attached hydrogen (secondary N) is 1. The molecule has 0 saturated carbocycles. The van der Waals surface area contributed by atoms with Crippen molar-refractivity contribution in [3.63, 3.8) is 0 Å². The molecule has 1 N–H and O–H groups in total. The van der Waals surface area contributed by atoms with Gasteiger partial charge in [-0.25, -0.2) is 14.4 Å². The van der Waals surface area contributed by atoms with Crippen LogP contribution in [-0.2, 0) is 4.79 Å². The first kappa shape index (κ1) is 19.0. The van der Waals surface area contributed by atoms with E-state index in [-0.39, 0.29) is 17.6 Å². The van der Waals surface area contributed by atoms with E-state index in [0.29, 0.717) is 23.9 Å². The lowest BCUT2D eigenvalue weighted by atomic mass is 9.94. The molecular formula is C22H22FN5O. The van der Waals surface area contributed by atoms with Crippen molar-refractivity contribution in [2.75, 3.05) is 18.4 Å². The smallest absolute Gasteiger partial charge is 0.219 e. The van der Waals surface area contributed by atoms with Gasteiger partial charge in [-0.1, -0.05) is 6.07 Å². The van der Waals surface area contributed by atoms with Crippen LogP contribution >= 0.6 is 0 Å². The molecule has 3 heterocycles. The SMILES string of the molecule is CC(=O)N1CCCC(c2cc(Nc3cccc(F)c3)nc(-c3cccnc3)n2)C1. The van der Waals surface area contributed by atoms with Gasteiger partial charge in [0.2, 0.25) is 5.91 Å². The van der Waals surface area contributed by atoms with Crippen molar-refractivity contribution in [3.8, 4) is 11.4 Å². The summed E-state index contributed by atoms with van der Waals surface area (Å²) >= 11 is 0. The molecule has 3 aromatic rings. The first-order valence-corrected chi connectivity index (χ1v) is 9.66. The van der Waals surface area contributed by atoms with Gasteiger partial charge in [0.25, 0.3) is 0 Å². The highest BCUT2D eigenvalue weighted by molar-refractivity contribution is 5.73. The minimum Gasteiger partial charge on any atom is -0.342 e. The van der Waals surface area contributed by atoms with Crippen molar-refractivity contribution >= 4 is 17.4 Å². The standard InChI is InChI=1S/C22H22FN5O/c1-15(29)28-10-4-6-17(14-28)20-12-21(25-19-8-2-7-18(23)11-19)27-22(26-20)16-5-3-9-24-13-16/h2-3,5,7-9,11-13,17H,4,6,10,14H2,1H3,(H,25,26,27). The molecule has 148 valence electrons. The Balaban J connectivity index is 1.71. The van der Waals surface area contributed by atoms with Crippen LogP contribution in [0.4, 0.5) is 15.9 Å². The van der Waals surface area contributed by atoms with Gasteiger partial charge in [-0.2, -0.15) is 0 Å². The highest BCUT2D eigenvalue weighted by Gasteiger charge is 2.25. The summed E-state index contributed by atoms with van der Waals surface area (Å²) in [6.07, 6.45) is 5.30. The van der Waals surface area contributed by atoms with Gasteiger partial charge in [-0.05, 0) is 43.2 Å². The molecule has 2 aromatic heterocycles. The number of hydrogen-bond acceptors (Lipinski definition) is 5. The molecule has 0 spiro atoms. The van der Waals surface area contributed by atoms with Crippen LogP contribution in [-0.4, -0.2) is 38.8 Å². The number of carbonyl (C=O) groups is 1. The third-order valence-electron chi connectivity index (χ3n) is 5.05. The quantitative estimate of drug-likeness (QED) is 0.724. The Morgan fingerprint density at radius 1 is 1.21 bits per heavy atom. The fourth-order valence-electron chi connectivity index (χ4n) is 3.58. The largest absolute Gasteiger partial charge is 0.342 e. The highest BCUT2D eigenvalue weighted by Crippen LogP contribution is 2.29. The molecule has 6 nitrogen and oxygen atoms in total. The normalized spacial score (nSPS) is 16.5. The van der Waals surface area contributed by atoms with Crippen molar-refractivity contribution < 1.29 is 9.18 Å². The number of hydrogen-bond donors (Lipinski definition) is 1. The molecule has 1 unspecified atom stereocenters. The summed E-state index contributed by atoms with van der Waals surface area (Å²) in [6.45, 7) is 3.01. The molecule has 0 radical (unpaired) electrons. The van der Waals surface area contributed by atoms with Crippen molar-refractivity contribution in [1.29, 1.82) is 0 Å². The molecular weight excluding hydrogens is 369 g/mol. The highest BCUT2D eigenvalue weighted by atomic mass is 19.1. The second kappa shape index (κ2) is 8.34. The Morgan fingerprint density at radius 3 is 2.86 bits per heavy atom. The summed E-state index contributed by atoms with van der Waals surface area (Å²) in [7, 11) is 0. The molecule has 1 atom stereocenters. The lowest BCUT2D eigenvalue weighted by Crippen LogP contribution is -2.37. The van der Waals surface area contributed by atoms with Gasteiger partial charge >= 0.3 is 0 Å². The Bertz CT molecular complexity index is 1010. The first-order chi connectivity index (χ1) is 14.1. The van der Waals surface area contributed by atoms with Gasteiger partial charge in [0.1, 0.15) is 11.6 Å². The number of rotatable bonds is 4. The first-order valence-electron chi connectivity index (χ1n) is 9.66. The van der Waals surface area contributed by atoms with Crippen LogP contribution in [0.25, 0.3) is 11.4 Å². The van der Waals surface area contributed by atoms with Crippen molar-refractivity contribution in [2.24, 2.45) is 0 Å². The number of anilines is 2. The van der Waals surface area contributed by atoms with Gasteiger partial charge < -0.3 is 10.2 Å². The Labute approximate surface area is 168 Å². The van der Waals surface area contributed by atoms with Crippen LogP contribution in [0.3, 0.4) is 0 Å². The van der Waals surface area contributed by atoms with E-state index in [1.165, 1.54) is 12.1 Å². The van der Waals surface area contributed by atoms with E-state index < -0.39 is 0 Å². The maximum atomic E-state index is 13.6. The van der Waals surface area contributed by atoms with Gasteiger partial charge in [0.15, 0.2) is 5.82 Å². The molecule has 0 bridgehead atoms. The molecule has 29 heavy (non-hydrogen) atoms. The van der Waals surface area contributed by atoms with Crippen LogP contribution in [0.5, 0.6) is 0 Å². The van der Waals surface area contributed by atoms with Gasteiger partial charge in [0.05, 0.1) is 5.69 Å². The van der Waals surface area contributed by atoms with Gasteiger partial charge in [0, 0.05) is 55.6 Å². The zero-order valence-electron chi connectivity index (χ0n) is 16.2. The van der Waals surface area contributed by atoms with Crippen LogP contribution < -0.4 is 5.32 Å². The Morgan fingerprint density at radius 2 is 2.10 bits per heavy atom. The number of aromatic nitrogens is 3. The minimum atomic E-state index is -0.318. The number of amides is 1. The maximum absolute atomic E-state index is 13.6. The molecule has 1 fully saturated rings. The molecule has 1 saturated heterocycles. The topological polar surface area (TPSA) is 71.0 Å². The molecule has 7 heteroatoms. The maximum Gasteiger partial charge on any atom is 0.219 e. The second-order valence-corrected chi connectivity index (χ2v) is 7.18. The molecule has 1 aromatic carbocycles.